The van der Waals surface area contributed by atoms with Gasteiger partial charge in [-0.15, -0.1) is 6.58 Å². The summed E-state index contributed by atoms with van der Waals surface area (Å²) in [6.07, 6.45) is -2.19. The number of aliphatic hydroxyl groups excluding tert-OH is 2. The average Bonchev–Trinajstić information content (AvgIpc) is 2.94. The van der Waals surface area contributed by atoms with Crippen molar-refractivity contribution in [2.24, 2.45) is 16.7 Å². The zero-order valence-corrected chi connectivity index (χ0v) is 28.1. The summed E-state index contributed by atoms with van der Waals surface area (Å²) in [7, 11) is 0. The van der Waals surface area contributed by atoms with Crippen LogP contribution in [-0.4, -0.2) is 86.4 Å². The molecular weight excluding hydrogens is 681 g/mol. The molecule has 3 aliphatic rings. The van der Waals surface area contributed by atoms with Gasteiger partial charge in [0.05, 0.1) is 21.4 Å². The number of phenolic OH excluding ortho intramolecular Hbond substituents is 1. The number of alkyl carbamates (subject to hydrolysis) is 1. The highest BCUT2D eigenvalue weighted by atomic mass is 125. The molecule has 44 heavy (non-hydrogen) atoms. The van der Waals surface area contributed by atoms with Crippen molar-refractivity contribution >= 4 is 40.4 Å². The molecule has 4 rings (SSSR count). The van der Waals surface area contributed by atoms with Crippen LogP contribution in [0.3, 0.4) is 0 Å². The molecule has 0 spiro atoms. The molecule has 1 heterocycles. The molecule has 0 aromatic heterocycles. The number of nitrogens with one attached hydrogen (secondary N) is 2. The number of amides is 2. The normalized spacial score (nSPS) is 37.7. The molecule has 2 amide bonds. The third-order valence-corrected chi connectivity index (χ3v) is 11.2. The van der Waals surface area contributed by atoms with Gasteiger partial charge in [0.25, 0.3) is 0 Å². The van der Waals surface area contributed by atoms with Gasteiger partial charge in [0.15, 0.2) is 17.5 Å². The molecule has 11 nitrogen and oxygen atoms in total. The van der Waals surface area contributed by atoms with Crippen molar-refractivity contribution in [2.75, 3.05) is 13.1 Å². The molecule has 8 unspecified atom stereocenters. The highest BCUT2D eigenvalue weighted by molar-refractivity contribution is 14.1. The van der Waals surface area contributed by atoms with Gasteiger partial charge in [0, 0.05) is 37.3 Å². The molecule has 3 fully saturated rings. The number of fused-ring (bicyclic) bond motifs is 3. The largest absolute Gasteiger partial charge is 0.507 e. The SMILES string of the molecule is C=CC1(C)CC(=O)C2(O)C(C)(O1)C(OC(=O)NCCNC(=O)CCc1ccc(O)c([125I])c1)C(O)C1C(C)(C)CCC(O)C12C. The lowest BCUT2D eigenvalue weighted by atomic mass is 9.40. The van der Waals surface area contributed by atoms with Crippen LogP contribution in [0, 0.1) is 20.3 Å². The first kappa shape index (κ1) is 34.6. The van der Waals surface area contributed by atoms with Crippen LogP contribution in [0.25, 0.3) is 0 Å². The average molecular weight is 727 g/mol. The van der Waals surface area contributed by atoms with Gasteiger partial charge in [0.2, 0.25) is 5.91 Å². The second kappa shape index (κ2) is 12.2. The van der Waals surface area contributed by atoms with Crippen LogP contribution in [0.2, 0.25) is 0 Å². The number of carbonyl (C=O) groups is 3. The monoisotopic (exact) mass is 726 g/mol. The predicted octanol–water partition coefficient (Wildman–Crippen LogP) is 2.74. The van der Waals surface area contributed by atoms with Crippen LogP contribution in [-0.2, 0) is 25.5 Å². The van der Waals surface area contributed by atoms with Crippen molar-refractivity contribution in [2.45, 2.75) is 102 Å². The van der Waals surface area contributed by atoms with E-state index in [0.29, 0.717) is 22.8 Å². The van der Waals surface area contributed by atoms with Crippen LogP contribution < -0.4 is 10.6 Å². The predicted molar refractivity (Wildman–Crippen MR) is 170 cm³/mol. The molecule has 1 aromatic rings. The lowest BCUT2D eigenvalue weighted by molar-refractivity contribution is -0.369. The minimum atomic E-state index is -2.31. The lowest BCUT2D eigenvalue weighted by Gasteiger charge is -2.71. The molecule has 0 radical (unpaired) electrons. The van der Waals surface area contributed by atoms with Crippen LogP contribution in [0.4, 0.5) is 4.79 Å². The molecule has 8 atom stereocenters. The number of hydrogen-bond acceptors (Lipinski definition) is 9. The zero-order valence-electron chi connectivity index (χ0n) is 26.0. The van der Waals surface area contributed by atoms with E-state index in [-0.39, 0.29) is 37.6 Å². The van der Waals surface area contributed by atoms with Crippen molar-refractivity contribution in [3.8, 4) is 5.75 Å². The van der Waals surface area contributed by atoms with Gasteiger partial charge in [-0.05, 0) is 78.8 Å². The highest BCUT2D eigenvalue weighted by Gasteiger charge is 2.81. The van der Waals surface area contributed by atoms with Gasteiger partial charge in [-0.25, -0.2) is 4.79 Å². The summed E-state index contributed by atoms with van der Waals surface area (Å²) in [6, 6.07) is 5.14. The number of aliphatic hydroxyl groups is 3. The molecule has 1 saturated heterocycles. The molecule has 6 N–H and O–H groups in total. The first-order valence-corrected chi connectivity index (χ1v) is 16.1. The van der Waals surface area contributed by atoms with Crippen molar-refractivity contribution in [3.05, 3.63) is 40.0 Å². The highest BCUT2D eigenvalue weighted by Crippen LogP contribution is 2.67. The van der Waals surface area contributed by atoms with E-state index in [1.807, 2.05) is 36.4 Å². The Balaban J connectivity index is 1.48. The third-order valence-electron chi connectivity index (χ3n) is 10.3. The van der Waals surface area contributed by atoms with E-state index in [1.54, 1.807) is 32.0 Å². The van der Waals surface area contributed by atoms with Crippen molar-refractivity contribution < 1.29 is 44.3 Å². The minimum absolute atomic E-state index is 0.0149. The summed E-state index contributed by atoms with van der Waals surface area (Å²) >= 11 is 2.02. The molecule has 2 aliphatic carbocycles. The van der Waals surface area contributed by atoms with Gasteiger partial charge >= 0.3 is 6.09 Å². The molecule has 244 valence electrons. The quantitative estimate of drug-likeness (QED) is 0.134. The van der Waals surface area contributed by atoms with E-state index in [2.05, 4.69) is 17.2 Å². The fraction of sp³-hybridized carbons (Fsp3) is 0.656. The Bertz CT molecular complexity index is 1320. The van der Waals surface area contributed by atoms with E-state index in [1.165, 1.54) is 13.0 Å². The number of aryl methyl sites for hydroxylation is 1. The summed E-state index contributed by atoms with van der Waals surface area (Å²) in [5.41, 5.74) is -6.72. The van der Waals surface area contributed by atoms with Gasteiger partial charge < -0.3 is 40.5 Å². The smallest absolute Gasteiger partial charge is 0.407 e. The number of halogens is 1. The fourth-order valence-corrected chi connectivity index (χ4v) is 8.64. The number of carbonyl (C=O) groups excluding carboxylic acids is 3. The van der Waals surface area contributed by atoms with Crippen molar-refractivity contribution in [1.82, 2.24) is 10.6 Å². The van der Waals surface area contributed by atoms with Gasteiger partial charge in [-0.1, -0.05) is 32.9 Å². The number of benzene rings is 1. The number of ether oxygens (including phenoxy) is 2. The first-order chi connectivity index (χ1) is 20.4. The van der Waals surface area contributed by atoms with E-state index in [4.69, 9.17) is 9.47 Å². The molecule has 1 aliphatic heterocycles. The summed E-state index contributed by atoms with van der Waals surface area (Å²) < 4.78 is 12.9. The number of rotatable bonds is 8. The Morgan fingerprint density at radius 2 is 1.82 bits per heavy atom. The number of phenols is 1. The Hall–Kier alpha value is -2.26. The first-order valence-electron chi connectivity index (χ1n) is 15.0. The minimum Gasteiger partial charge on any atom is -0.507 e. The Labute approximate surface area is 271 Å². The van der Waals surface area contributed by atoms with E-state index >= 15 is 0 Å². The zero-order chi connectivity index (χ0) is 32.9. The van der Waals surface area contributed by atoms with Crippen LogP contribution in [0.15, 0.2) is 30.9 Å². The van der Waals surface area contributed by atoms with Crippen LogP contribution in [0.1, 0.15) is 65.9 Å². The Morgan fingerprint density at radius 3 is 2.45 bits per heavy atom. The maximum absolute atomic E-state index is 14.0. The maximum atomic E-state index is 14.0. The number of Topliss-reactive ketones (excluding diaryl/α,β-unsaturated/α-hetero) is 1. The van der Waals surface area contributed by atoms with Crippen molar-refractivity contribution in [3.63, 3.8) is 0 Å². The summed E-state index contributed by atoms with van der Waals surface area (Å²) in [6.45, 7) is 12.4. The fourth-order valence-electron chi connectivity index (χ4n) is 8.06. The summed E-state index contributed by atoms with van der Waals surface area (Å²) in [4.78, 5) is 39.4. The lowest BCUT2D eigenvalue weighted by Crippen LogP contribution is -2.86. The summed E-state index contributed by atoms with van der Waals surface area (Å²) in [5.74, 6) is -1.45. The second-order valence-electron chi connectivity index (χ2n) is 13.7. The van der Waals surface area contributed by atoms with E-state index < -0.39 is 63.7 Å². The Kier molecular flexibility index (Phi) is 9.56. The third kappa shape index (κ3) is 5.65. The van der Waals surface area contributed by atoms with Gasteiger partial charge in [-0.2, -0.15) is 0 Å². The number of ketones is 1. The topological polar surface area (TPSA) is 175 Å². The van der Waals surface area contributed by atoms with Gasteiger partial charge in [0.1, 0.15) is 11.4 Å². The molecular formula is C32H45IN2O9. The standard InChI is InChI=1S/C32H45IN2O9/c1-7-29(4)17-22(38)32(42)30(5)21(37)12-13-28(2,3)25(30)24(40)26(31(32,6)44-29)43-27(41)35-15-14-34-23(39)11-9-18-8-10-20(36)19(33)16-18/h7-8,10,16,21,24-26,36-37,40,42H,1,9,11-15,17H2,2-6H3,(H,34,39)(H,35,41)/i33-2. The second-order valence-corrected chi connectivity index (χ2v) is 14.9. The summed E-state index contributed by atoms with van der Waals surface area (Å²) in [5, 5.41) is 50.7. The van der Waals surface area contributed by atoms with Crippen molar-refractivity contribution in [1.29, 1.82) is 0 Å². The Morgan fingerprint density at radius 1 is 1.16 bits per heavy atom. The van der Waals surface area contributed by atoms with Crippen LogP contribution in [0.5, 0.6) is 5.75 Å². The molecule has 1 aromatic carbocycles. The molecule has 0 bridgehead atoms. The molecule has 12 heteroatoms. The number of hydrogen-bond donors (Lipinski definition) is 6. The number of aromatic hydroxyl groups is 1. The molecule has 2 saturated carbocycles. The maximum Gasteiger partial charge on any atom is 0.407 e. The van der Waals surface area contributed by atoms with Gasteiger partial charge in [-0.3, -0.25) is 9.59 Å². The van der Waals surface area contributed by atoms with E-state index in [0.717, 1.165) is 5.56 Å². The van der Waals surface area contributed by atoms with E-state index in [9.17, 15) is 34.8 Å². The van der Waals surface area contributed by atoms with Crippen LogP contribution >= 0.6 is 22.6 Å².